The lowest BCUT2D eigenvalue weighted by molar-refractivity contribution is -0.137. The molecule has 8 heteroatoms. The number of alkyl halides is 3. The molecule has 2 fully saturated rings. The van der Waals surface area contributed by atoms with Crippen molar-refractivity contribution in [3.8, 4) is 0 Å². The molecule has 2 saturated heterocycles. The maximum Gasteiger partial charge on any atom is 0.416 e. The molecule has 1 N–H and O–H groups in total. The van der Waals surface area contributed by atoms with Crippen molar-refractivity contribution >= 4 is 11.6 Å². The Morgan fingerprint density at radius 3 is 2.23 bits per heavy atom. The van der Waals surface area contributed by atoms with E-state index in [2.05, 4.69) is 28.3 Å². The van der Waals surface area contributed by atoms with Gasteiger partial charge in [0.2, 0.25) is 5.91 Å². The minimum absolute atomic E-state index is 0.186. The monoisotopic (exact) mass is 436 g/mol. The number of nitrogens with one attached hydrogen (secondary N) is 1. The van der Waals surface area contributed by atoms with E-state index in [0.717, 1.165) is 75.6 Å². The van der Waals surface area contributed by atoms with Crippen LogP contribution in [0.2, 0.25) is 0 Å². The van der Waals surface area contributed by atoms with Crippen LogP contribution < -0.4 is 10.2 Å². The Kier molecular flexibility index (Phi) is 7.64. The van der Waals surface area contributed by atoms with E-state index in [1.807, 2.05) is 4.90 Å². The second kappa shape index (κ2) is 10.2. The van der Waals surface area contributed by atoms with Gasteiger partial charge in [-0.1, -0.05) is 13.2 Å². The smallest absolute Gasteiger partial charge is 0.383 e. The number of halogens is 3. The predicted molar refractivity (Wildman–Crippen MR) is 117 cm³/mol. The van der Waals surface area contributed by atoms with Crippen molar-refractivity contribution in [1.29, 1.82) is 0 Å². The highest BCUT2D eigenvalue weighted by Gasteiger charge is 2.30. The Hall–Kier alpha value is -2.48. The molecule has 0 unspecified atom stereocenters. The van der Waals surface area contributed by atoms with Crippen LogP contribution in [0.25, 0.3) is 0 Å². The van der Waals surface area contributed by atoms with E-state index in [0.29, 0.717) is 19.0 Å². The van der Waals surface area contributed by atoms with Crippen molar-refractivity contribution in [3.63, 3.8) is 0 Å². The first-order chi connectivity index (χ1) is 14.8. The fraction of sp³-hybridized carbons (Fsp3) is 0.522. The summed E-state index contributed by atoms with van der Waals surface area (Å²) in [6.45, 7) is 12.9. The fourth-order valence-corrected chi connectivity index (χ4v) is 4.10. The molecule has 0 bridgehead atoms. The number of rotatable bonds is 7. The van der Waals surface area contributed by atoms with Gasteiger partial charge in [-0.05, 0) is 43.2 Å². The lowest BCUT2D eigenvalue weighted by atomic mass is 10.0. The van der Waals surface area contributed by atoms with Gasteiger partial charge in [-0.25, -0.2) is 0 Å². The number of carbonyl (C=O) groups excluding carboxylic acids is 1. The number of likely N-dealkylation sites (tertiary alicyclic amines) is 1. The quantitative estimate of drug-likeness (QED) is 0.664. The third-order valence-corrected chi connectivity index (χ3v) is 6.06. The van der Waals surface area contributed by atoms with Crippen LogP contribution in [0, 0.1) is 0 Å². The predicted octanol–water partition coefficient (Wildman–Crippen LogP) is 3.50. The Labute approximate surface area is 182 Å². The molecule has 2 heterocycles. The largest absolute Gasteiger partial charge is 0.416 e. The van der Waals surface area contributed by atoms with Crippen molar-refractivity contribution in [1.82, 2.24) is 15.1 Å². The van der Waals surface area contributed by atoms with E-state index in [-0.39, 0.29) is 5.91 Å². The summed E-state index contributed by atoms with van der Waals surface area (Å²) >= 11 is 0. The van der Waals surface area contributed by atoms with Gasteiger partial charge < -0.3 is 15.1 Å². The van der Waals surface area contributed by atoms with E-state index in [1.54, 1.807) is 6.08 Å². The van der Waals surface area contributed by atoms with Crippen LogP contribution in [-0.4, -0.2) is 67.6 Å². The third-order valence-electron chi connectivity index (χ3n) is 6.06. The Morgan fingerprint density at radius 2 is 1.68 bits per heavy atom. The molecule has 2 aliphatic rings. The summed E-state index contributed by atoms with van der Waals surface area (Å²) in [6.07, 6.45) is -0.295. The molecule has 0 aromatic heterocycles. The molecule has 0 radical (unpaired) electrons. The molecule has 5 nitrogen and oxygen atoms in total. The minimum atomic E-state index is -4.31. The van der Waals surface area contributed by atoms with Crippen molar-refractivity contribution < 1.29 is 18.0 Å². The van der Waals surface area contributed by atoms with E-state index in [1.165, 1.54) is 12.1 Å². The fourth-order valence-electron chi connectivity index (χ4n) is 4.10. The van der Waals surface area contributed by atoms with Crippen molar-refractivity contribution in [2.45, 2.75) is 31.5 Å². The van der Waals surface area contributed by atoms with Crippen molar-refractivity contribution in [3.05, 3.63) is 54.8 Å². The zero-order valence-electron chi connectivity index (χ0n) is 17.8. The van der Waals surface area contributed by atoms with Gasteiger partial charge in [0, 0.05) is 69.7 Å². The highest BCUT2D eigenvalue weighted by molar-refractivity contribution is 5.76. The number of piperidine rings is 1. The molecule has 1 aromatic rings. The third kappa shape index (κ3) is 6.50. The number of amides is 1. The number of allylic oxidation sites excluding steroid dienone is 1. The average molecular weight is 437 g/mol. The van der Waals surface area contributed by atoms with Crippen molar-refractivity contribution in [2.75, 3.05) is 50.7 Å². The lowest BCUT2D eigenvalue weighted by Gasteiger charge is -2.37. The SMILES string of the molecule is C=CC(=C)NC1CCN(C(=O)CCN2CCN(c3ccc(C(F)(F)F)cc3)CC2)CC1. The molecule has 1 aromatic carbocycles. The van der Waals surface area contributed by atoms with Gasteiger partial charge in [0.1, 0.15) is 0 Å². The van der Waals surface area contributed by atoms with Crippen molar-refractivity contribution in [2.24, 2.45) is 0 Å². The van der Waals surface area contributed by atoms with Crippen LogP contribution in [0.5, 0.6) is 0 Å². The van der Waals surface area contributed by atoms with Gasteiger partial charge in [-0.2, -0.15) is 13.2 Å². The minimum Gasteiger partial charge on any atom is -0.383 e. The summed E-state index contributed by atoms with van der Waals surface area (Å²) < 4.78 is 38.2. The van der Waals surface area contributed by atoms with Crippen LogP contribution in [0.3, 0.4) is 0 Å². The zero-order valence-corrected chi connectivity index (χ0v) is 17.8. The van der Waals surface area contributed by atoms with E-state index < -0.39 is 11.7 Å². The van der Waals surface area contributed by atoms with Crippen LogP contribution in [0.15, 0.2) is 49.2 Å². The standard InChI is InChI=1S/C23H31F3N4O/c1-3-18(2)27-20-8-12-30(13-9-20)22(31)10-11-28-14-16-29(17-15-28)21-6-4-19(5-7-21)23(24,25)26/h3-7,20,27H,1-2,8-17H2. The Morgan fingerprint density at radius 1 is 1.06 bits per heavy atom. The van der Waals surface area contributed by atoms with Gasteiger partial charge in [0.25, 0.3) is 0 Å². The van der Waals surface area contributed by atoms with E-state index >= 15 is 0 Å². The maximum absolute atomic E-state index is 12.7. The first kappa shape index (κ1) is 23.2. The molecular weight excluding hydrogens is 405 g/mol. The second-order valence-electron chi connectivity index (χ2n) is 8.15. The van der Waals surface area contributed by atoms with Crippen LogP contribution in [0.1, 0.15) is 24.8 Å². The number of carbonyl (C=O) groups is 1. The first-order valence-corrected chi connectivity index (χ1v) is 10.8. The molecule has 2 aliphatic heterocycles. The van der Waals surface area contributed by atoms with Gasteiger partial charge in [-0.15, -0.1) is 0 Å². The molecule has 170 valence electrons. The van der Waals surface area contributed by atoms with Crippen LogP contribution >= 0.6 is 0 Å². The number of piperazine rings is 1. The summed E-state index contributed by atoms with van der Waals surface area (Å²) in [5.41, 5.74) is 0.999. The highest BCUT2D eigenvalue weighted by atomic mass is 19.4. The molecule has 0 atom stereocenters. The molecule has 1 amide bonds. The number of nitrogens with zero attached hydrogens (tertiary/aromatic N) is 3. The topological polar surface area (TPSA) is 38.8 Å². The highest BCUT2D eigenvalue weighted by Crippen LogP contribution is 2.30. The normalized spacial score (nSPS) is 18.7. The molecule has 0 aliphatic carbocycles. The number of benzene rings is 1. The van der Waals surface area contributed by atoms with Gasteiger partial charge in [0.05, 0.1) is 5.56 Å². The van der Waals surface area contributed by atoms with E-state index in [9.17, 15) is 18.0 Å². The second-order valence-corrected chi connectivity index (χ2v) is 8.15. The summed E-state index contributed by atoms with van der Waals surface area (Å²) in [5, 5.41) is 3.32. The van der Waals surface area contributed by atoms with Crippen LogP contribution in [-0.2, 0) is 11.0 Å². The lowest BCUT2D eigenvalue weighted by Crippen LogP contribution is -2.48. The summed E-state index contributed by atoms with van der Waals surface area (Å²) in [5.74, 6) is 0.186. The Bertz CT molecular complexity index is 762. The molecule has 3 rings (SSSR count). The van der Waals surface area contributed by atoms with Gasteiger partial charge in [-0.3, -0.25) is 9.69 Å². The maximum atomic E-state index is 12.7. The molecule has 31 heavy (non-hydrogen) atoms. The summed E-state index contributed by atoms with van der Waals surface area (Å²) in [6, 6.07) is 5.67. The summed E-state index contributed by atoms with van der Waals surface area (Å²) in [7, 11) is 0. The van der Waals surface area contributed by atoms with E-state index in [4.69, 9.17) is 0 Å². The Balaban J connectivity index is 1.37. The number of hydrogen-bond donors (Lipinski definition) is 1. The molecule has 0 saturated carbocycles. The zero-order chi connectivity index (χ0) is 22.4. The molecule has 0 spiro atoms. The van der Waals surface area contributed by atoms with Gasteiger partial charge >= 0.3 is 6.18 Å². The average Bonchev–Trinajstić information content (AvgIpc) is 2.77. The molecular formula is C23H31F3N4O. The number of anilines is 1. The first-order valence-electron chi connectivity index (χ1n) is 10.8. The number of hydrogen-bond acceptors (Lipinski definition) is 4. The van der Waals surface area contributed by atoms with Crippen LogP contribution in [0.4, 0.5) is 18.9 Å². The summed E-state index contributed by atoms with van der Waals surface area (Å²) in [4.78, 5) is 18.8. The van der Waals surface area contributed by atoms with Gasteiger partial charge in [0.15, 0.2) is 0 Å².